The molecule has 0 aromatic heterocycles. The molecule has 2 aliphatic rings. The van der Waals surface area contributed by atoms with Crippen molar-refractivity contribution in [1.29, 1.82) is 0 Å². The van der Waals surface area contributed by atoms with Gasteiger partial charge in [-0.15, -0.1) is 0 Å². The highest BCUT2D eigenvalue weighted by Gasteiger charge is 2.42. The van der Waals surface area contributed by atoms with Gasteiger partial charge in [-0.25, -0.2) is 0 Å². The molecule has 0 unspecified atom stereocenters. The summed E-state index contributed by atoms with van der Waals surface area (Å²) in [7, 11) is 2.09. The fourth-order valence-electron chi connectivity index (χ4n) is 5.42. The topological polar surface area (TPSA) is 53.1 Å². The average Bonchev–Trinajstić information content (AvgIpc) is 2.90. The third-order valence-corrected chi connectivity index (χ3v) is 7.87. The van der Waals surface area contributed by atoms with Crippen molar-refractivity contribution in [3.63, 3.8) is 0 Å². The van der Waals surface area contributed by atoms with E-state index in [0.717, 1.165) is 56.8 Å². The third kappa shape index (κ3) is 6.60. The van der Waals surface area contributed by atoms with Crippen molar-refractivity contribution in [3.05, 3.63) is 65.2 Å². The Balaban J connectivity index is 1.52. The van der Waals surface area contributed by atoms with Crippen molar-refractivity contribution in [1.82, 2.24) is 14.7 Å². The normalized spacial score (nSPS) is 21.8. The summed E-state index contributed by atoms with van der Waals surface area (Å²) in [5.74, 6) is 0.857. The van der Waals surface area contributed by atoms with Gasteiger partial charge < -0.3 is 19.4 Å². The van der Waals surface area contributed by atoms with Gasteiger partial charge in [-0.2, -0.15) is 0 Å². The number of halogens is 1. The number of piperazine rings is 1. The molecule has 2 atom stereocenters. The first-order chi connectivity index (χ1) is 17.4. The van der Waals surface area contributed by atoms with Crippen LogP contribution in [0.25, 0.3) is 0 Å². The third-order valence-electron chi connectivity index (χ3n) is 7.62. The van der Waals surface area contributed by atoms with Gasteiger partial charge in [0.25, 0.3) is 0 Å². The van der Waals surface area contributed by atoms with Gasteiger partial charge in [0.1, 0.15) is 5.75 Å². The van der Waals surface area contributed by atoms with E-state index in [1.807, 2.05) is 52.3 Å². The highest BCUT2D eigenvalue weighted by molar-refractivity contribution is 6.30. The number of amides is 2. The van der Waals surface area contributed by atoms with Gasteiger partial charge in [0.2, 0.25) is 11.8 Å². The van der Waals surface area contributed by atoms with E-state index in [2.05, 4.69) is 18.9 Å². The second kappa shape index (κ2) is 12.1. The summed E-state index contributed by atoms with van der Waals surface area (Å²) in [6.45, 7) is 6.97. The number of nitrogens with zero attached hydrogens (tertiary/aromatic N) is 3. The molecule has 2 aliphatic heterocycles. The van der Waals surface area contributed by atoms with Crippen LogP contribution in [0, 0.1) is 5.41 Å². The standard InChI is InChI=1S/C29H38ClN3O3/c1-3-26(23-8-5-4-6-9-23)28(35)33-15-7-14-29(21-33,22-36-25-12-10-24(30)11-13-25)20-27(34)32-18-16-31(2)17-19-32/h4-6,8-13,26H,3,7,14-22H2,1-2H3/t26-,29-/m1/s1. The lowest BCUT2D eigenvalue weighted by Crippen LogP contribution is -2.53. The van der Waals surface area contributed by atoms with E-state index in [-0.39, 0.29) is 17.7 Å². The zero-order chi connectivity index (χ0) is 25.5. The molecule has 36 heavy (non-hydrogen) atoms. The Hall–Kier alpha value is -2.57. The number of hydrogen-bond acceptors (Lipinski definition) is 4. The van der Waals surface area contributed by atoms with E-state index in [1.54, 1.807) is 12.1 Å². The Kier molecular flexibility index (Phi) is 8.91. The number of likely N-dealkylation sites (tertiary alicyclic amines) is 1. The number of piperidine rings is 1. The SMILES string of the molecule is CC[C@@H](C(=O)N1CCC[C@@](COc2ccc(Cl)cc2)(CC(=O)N2CCN(C)CC2)C1)c1ccccc1. The van der Waals surface area contributed by atoms with Gasteiger partial charge in [-0.3, -0.25) is 9.59 Å². The van der Waals surface area contributed by atoms with Crippen LogP contribution in [0.2, 0.25) is 5.02 Å². The Morgan fingerprint density at radius 1 is 0.972 bits per heavy atom. The molecule has 2 heterocycles. The molecule has 0 N–H and O–H groups in total. The quantitative estimate of drug-likeness (QED) is 0.516. The van der Waals surface area contributed by atoms with Crippen molar-refractivity contribution in [2.24, 2.45) is 5.41 Å². The Morgan fingerprint density at radius 2 is 1.67 bits per heavy atom. The smallest absolute Gasteiger partial charge is 0.230 e. The van der Waals surface area contributed by atoms with Crippen LogP contribution in [0.15, 0.2) is 54.6 Å². The predicted molar refractivity (Wildman–Crippen MR) is 143 cm³/mol. The summed E-state index contributed by atoms with van der Waals surface area (Å²) < 4.78 is 6.23. The molecular formula is C29H38ClN3O3. The summed E-state index contributed by atoms with van der Waals surface area (Å²) in [5.41, 5.74) is 0.621. The highest BCUT2D eigenvalue weighted by atomic mass is 35.5. The maximum atomic E-state index is 13.7. The van der Waals surface area contributed by atoms with Crippen molar-refractivity contribution < 1.29 is 14.3 Å². The van der Waals surface area contributed by atoms with Gasteiger partial charge >= 0.3 is 0 Å². The van der Waals surface area contributed by atoms with Gasteiger partial charge in [0.15, 0.2) is 0 Å². The van der Waals surface area contributed by atoms with E-state index in [4.69, 9.17) is 16.3 Å². The monoisotopic (exact) mass is 511 g/mol. The minimum atomic E-state index is -0.428. The first-order valence-corrected chi connectivity index (χ1v) is 13.5. The van der Waals surface area contributed by atoms with Crippen LogP contribution in [0.5, 0.6) is 5.75 Å². The lowest BCUT2D eigenvalue weighted by molar-refractivity contribution is -0.143. The molecule has 0 saturated carbocycles. The minimum Gasteiger partial charge on any atom is -0.493 e. The molecule has 6 nitrogen and oxygen atoms in total. The van der Waals surface area contributed by atoms with Crippen molar-refractivity contribution >= 4 is 23.4 Å². The molecule has 2 amide bonds. The van der Waals surface area contributed by atoms with E-state index in [9.17, 15) is 9.59 Å². The maximum absolute atomic E-state index is 13.7. The van der Waals surface area contributed by atoms with E-state index >= 15 is 0 Å². The van der Waals surface area contributed by atoms with Crippen molar-refractivity contribution in [2.45, 2.75) is 38.5 Å². The fourth-order valence-corrected chi connectivity index (χ4v) is 5.55. The molecular weight excluding hydrogens is 474 g/mol. The van der Waals surface area contributed by atoms with E-state index < -0.39 is 5.41 Å². The van der Waals surface area contributed by atoms with Crippen LogP contribution in [-0.4, -0.2) is 79.4 Å². The number of likely N-dealkylation sites (N-methyl/N-ethyl adjacent to an activating group) is 1. The summed E-state index contributed by atoms with van der Waals surface area (Å²) in [6.07, 6.45) is 2.84. The Labute approximate surface area is 220 Å². The van der Waals surface area contributed by atoms with Crippen LogP contribution in [-0.2, 0) is 9.59 Å². The largest absolute Gasteiger partial charge is 0.493 e. The van der Waals surface area contributed by atoms with Gasteiger partial charge in [-0.05, 0) is 56.1 Å². The van der Waals surface area contributed by atoms with Gasteiger partial charge in [-0.1, -0.05) is 48.9 Å². The summed E-state index contributed by atoms with van der Waals surface area (Å²) in [4.78, 5) is 33.4. The minimum absolute atomic E-state index is 0.145. The number of benzene rings is 2. The van der Waals surface area contributed by atoms with Crippen molar-refractivity contribution in [2.75, 3.05) is 52.9 Å². The first kappa shape index (κ1) is 26.5. The summed E-state index contributed by atoms with van der Waals surface area (Å²) in [5, 5.41) is 0.656. The molecule has 2 aromatic carbocycles. The molecule has 0 spiro atoms. The van der Waals surface area contributed by atoms with Crippen LogP contribution < -0.4 is 4.74 Å². The second-order valence-electron chi connectivity index (χ2n) is 10.3. The highest BCUT2D eigenvalue weighted by Crippen LogP contribution is 2.37. The number of hydrogen-bond donors (Lipinski definition) is 0. The van der Waals surface area contributed by atoms with Gasteiger partial charge in [0.05, 0.1) is 12.5 Å². The van der Waals surface area contributed by atoms with Crippen LogP contribution in [0.4, 0.5) is 0 Å². The molecule has 2 aromatic rings. The predicted octanol–water partition coefficient (Wildman–Crippen LogP) is 4.69. The van der Waals surface area contributed by atoms with E-state index in [0.29, 0.717) is 31.1 Å². The molecule has 0 radical (unpaired) electrons. The zero-order valence-corrected chi connectivity index (χ0v) is 22.3. The number of carbonyl (C=O) groups excluding carboxylic acids is 2. The van der Waals surface area contributed by atoms with Crippen LogP contribution in [0.1, 0.15) is 44.1 Å². The average molecular weight is 512 g/mol. The van der Waals surface area contributed by atoms with Crippen molar-refractivity contribution in [3.8, 4) is 5.75 Å². The fraction of sp³-hybridized carbons (Fsp3) is 0.517. The maximum Gasteiger partial charge on any atom is 0.230 e. The molecule has 0 aliphatic carbocycles. The zero-order valence-electron chi connectivity index (χ0n) is 21.5. The molecule has 194 valence electrons. The molecule has 7 heteroatoms. The Bertz CT molecular complexity index is 1010. The second-order valence-corrected chi connectivity index (χ2v) is 10.8. The summed E-state index contributed by atoms with van der Waals surface area (Å²) in [6, 6.07) is 17.3. The lowest BCUT2D eigenvalue weighted by atomic mass is 9.76. The van der Waals surface area contributed by atoms with Crippen LogP contribution >= 0.6 is 11.6 Å². The lowest BCUT2D eigenvalue weighted by Gasteiger charge is -2.44. The number of carbonyl (C=O) groups is 2. The number of ether oxygens (including phenoxy) is 1. The molecule has 2 fully saturated rings. The molecule has 0 bridgehead atoms. The molecule has 4 rings (SSSR count). The van der Waals surface area contributed by atoms with Crippen LogP contribution in [0.3, 0.4) is 0 Å². The number of rotatable bonds is 8. The van der Waals surface area contributed by atoms with Gasteiger partial charge in [0, 0.05) is 56.1 Å². The first-order valence-electron chi connectivity index (χ1n) is 13.1. The molecule has 2 saturated heterocycles. The Morgan fingerprint density at radius 3 is 2.33 bits per heavy atom. The van der Waals surface area contributed by atoms with E-state index in [1.165, 1.54) is 0 Å². The summed E-state index contributed by atoms with van der Waals surface area (Å²) >= 11 is 6.05.